The average Bonchev–Trinajstić information content (AvgIpc) is 3.19. The molecule has 1 N–H and O–H groups in total. The van der Waals surface area contributed by atoms with Crippen molar-refractivity contribution in [1.29, 1.82) is 0 Å². The molecule has 2 fully saturated rings. The minimum atomic E-state index is 0. The molecule has 0 saturated carbocycles. The molecule has 1 aromatic carbocycles. The van der Waals surface area contributed by atoms with Crippen LogP contribution in [0.1, 0.15) is 22.5 Å². The van der Waals surface area contributed by atoms with Gasteiger partial charge in [-0.25, -0.2) is 9.97 Å². The van der Waals surface area contributed by atoms with E-state index in [0.717, 1.165) is 56.9 Å². The number of likely N-dealkylation sites (tertiary alicyclic amines) is 1. The molecule has 3 heterocycles. The number of nitrogens with zero attached hydrogens (tertiary/aromatic N) is 4. The molecule has 2 saturated heterocycles. The van der Waals surface area contributed by atoms with Crippen LogP contribution in [0.4, 0.5) is 0 Å². The van der Waals surface area contributed by atoms with Crippen LogP contribution in [0.5, 0.6) is 0 Å². The number of carbonyl (C=O) groups is 1. The molecule has 7 heteroatoms. The molecular weight excluding hydrogens is 362 g/mol. The van der Waals surface area contributed by atoms with E-state index < -0.39 is 0 Å². The van der Waals surface area contributed by atoms with Crippen LogP contribution in [0, 0.1) is 6.92 Å². The van der Waals surface area contributed by atoms with E-state index >= 15 is 0 Å². The van der Waals surface area contributed by atoms with Gasteiger partial charge in [-0.15, -0.1) is 12.4 Å². The highest BCUT2D eigenvalue weighted by Gasteiger charge is 2.32. The molecule has 1 atom stereocenters. The van der Waals surface area contributed by atoms with Gasteiger partial charge < -0.3 is 10.2 Å². The summed E-state index contributed by atoms with van der Waals surface area (Å²) in [7, 11) is 0. The van der Waals surface area contributed by atoms with Crippen LogP contribution in [-0.2, 0) is 0 Å². The second kappa shape index (κ2) is 8.78. The molecule has 27 heavy (non-hydrogen) atoms. The highest BCUT2D eigenvalue weighted by Crippen LogP contribution is 2.21. The first-order valence-corrected chi connectivity index (χ1v) is 9.35. The summed E-state index contributed by atoms with van der Waals surface area (Å²) in [5.74, 6) is 0.722. The maximum atomic E-state index is 13.0. The van der Waals surface area contributed by atoms with Gasteiger partial charge in [0.25, 0.3) is 5.91 Å². The summed E-state index contributed by atoms with van der Waals surface area (Å²) in [4.78, 5) is 26.4. The van der Waals surface area contributed by atoms with E-state index in [1.54, 1.807) is 6.20 Å². The van der Waals surface area contributed by atoms with Crippen LogP contribution in [-0.4, -0.2) is 71.0 Å². The molecule has 0 aliphatic carbocycles. The quantitative estimate of drug-likeness (QED) is 0.872. The number of hydrogen-bond donors (Lipinski definition) is 1. The van der Waals surface area contributed by atoms with Gasteiger partial charge in [-0.05, 0) is 13.3 Å². The van der Waals surface area contributed by atoms with Gasteiger partial charge in [0.2, 0.25) is 0 Å². The molecule has 1 unspecified atom stereocenters. The summed E-state index contributed by atoms with van der Waals surface area (Å²) in [5.41, 5.74) is 2.33. The van der Waals surface area contributed by atoms with Gasteiger partial charge in [0.05, 0.1) is 11.3 Å². The third-order valence-electron chi connectivity index (χ3n) is 5.36. The summed E-state index contributed by atoms with van der Waals surface area (Å²) in [5, 5.41) is 3.39. The number of piperazine rings is 1. The zero-order valence-electron chi connectivity index (χ0n) is 15.6. The molecule has 2 aliphatic rings. The van der Waals surface area contributed by atoms with Crippen molar-refractivity contribution in [2.75, 3.05) is 39.3 Å². The molecular formula is C20H26ClN5O. The van der Waals surface area contributed by atoms with Gasteiger partial charge in [0.15, 0.2) is 5.82 Å². The van der Waals surface area contributed by atoms with E-state index in [4.69, 9.17) is 0 Å². The molecule has 6 nitrogen and oxygen atoms in total. The van der Waals surface area contributed by atoms with Crippen LogP contribution in [0.3, 0.4) is 0 Å². The maximum absolute atomic E-state index is 13.0. The fourth-order valence-electron chi connectivity index (χ4n) is 3.85. The molecule has 0 bridgehead atoms. The first-order chi connectivity index (χ1) is 12.7. The van der Waals surface area contributed by atoms with Crippen molar-refractivity contribution in [3.8, 4) is 11.4 Å². The summed E-state index contributed by atoms with van der Waals surface area (Å²) in [6, 6.07) is 10.3. The molecule has 1 aromatic heterocycles. The average molecular weight is 388 g/mol. The van der Waals surface area contributed by atoms with Crippen molar-refractivity contribution in [2.45, 2.75) is 19.4 Å². The van der Waals surface area contributed by atoms with Gasteiger partial charge in [-0.3, -0.25) is 9.69 Å². The van der Waals surface area contributed by atoms with Crippen LogP contribution in [0.15, 0.2) is 36.5 Å². The first-order valence-electron chi connectivity index (χ1n) is 9.35. The second-order valence-electron chi connectivity index (χ2n) is 7.04. The van der Waals surface area contributed by atoms with E-state index in [2.05, 4.69) is 20.2 Å². The molecule has 2 aliphatic heterocycles. The Hall–Kier alpha value is -2.02. The zero-order chi connectivity index (χ0) is 17.9. The fraction of sp³-hybridized carbons (Fsp3) is 0.450. The van der Waals surface area contributed by atoms with Crippen molar-refractivity contribution in [3.63, 3.8) is 0 Å². The topological polar surface area (TPSA) is 61.4 Å². The minimum Gasteiger partial charge on any atom is -0.337 e. The van der Waals surface area contributed by atoms with Gasteiger partial charge in [0.1, 0.15) is 0 Å². The number of benzene rings is 1. The van der Waals surface area contributed by atoms with Gasteiger partial charge in [-0.2, -0.15) is 0 Å². The van der Waals surface area contributed by atoms with Gasteiger partial charge >= 0.3 is 0 Å². The number of nitrogens with one attached hydrogen (secondary N) is 1. The number of hydrogen-bond acceptors (Lipinski definition) is 5. The summed E-state index contributed by atoms with van der Waals surface area (Å²) in [6.45, 7) is 7.73. The predicted molar refractivity (Wildman–Crippen MR) is 108 cm³/mol. The Kier molecular flexibility index (Phi) is 6.42. The second-order valence-corrected chi connectivity index (χ2v) is 7.04. The molecule has 0 radical (unpaired) electrons. The largest absolute Gasteiger partial charge is 0.337 e. The molecule has 2 aromatic rings. The standard InChI is InChI=1S/C20H25N5O.ClH/c1-15-18(13-22-19(23-15)16-5-3-2-4-6-16)20(26)25-10-7-17(14-25)24-11-8-21-9-12-24;/h2-6,13,17,21H,7-12,14H2,1H3;1H. The fourth-order valence-corrected chi connectivity index (χ4v) is 3.85. The van der Waals surface area contributed by atoms with Gasteiger partial charge in [0, 0.05) is 57.1 Å². The van der Waals surface area contributed by atoms with Crippen LogP contribution >= 0.6 is 12.4 Å². The lowest BCUT2D eigenvalue weighted by molar-refractivity contribution is 0.0772. The van der Waals surface area contributed by atoms with Crippen molar-refractivity contribution in [3.05, 3.63) is 47.8 Å². The molecule has 4 rings (SSSR count). The van der Waals surface area contributed by atoms with E-state index in [-0.39, 0.29) is 18.3 Å². The Morgan fingerprint density at radius 2 is 1.89 bits per heavy atom. The summed E-state index contributed by atoms with van der Waals surface area (Å²) < 4.78 is 0. The number of halogens is 1. The summed E-state index contributed by atoms with van der Waals surface area (Å²) in [6.07, 6.45) is 2.74. The SMILES string of the molecule is Cc1nc(-c2ccccc2)ncc1C(=O)N1CCC(N2CCNCC2)C1.Cl. The van der Waals surface area contributed by atoms with E-state index in [1.807, 2.05) is 42.2 Å². The predicted octanol–water partition coefficient (Wildman–Crippen LogP) is 1.99. The monoisotopic (exact) mass is 387 g/mol. The van der Waals surface area contributed by atoms with Crippen molar-refractivity contribution < 1.29 is 4.79 Å². The van der Waals surface area contributed by atoms with Crippen molar-refractivity contribution in [1.82, 2.24) is 25.1 Å². The van der Waals surface area contributed by atoms with Crippen molar-refractivity contribution in [2.24, 2.45) is 0 Å². The number of rotatable bonds is 3. The Morgan fingerprint density at radius 1 is 1.15 bits per heavy atom. The smallest absolute Gasteiger partial charge is 0.257 e. The third-order valence-corrected chi connectivity index (χ3v) is 5.36. The number of carbonyl (C=O) groups excluding carboxylic acids is 1. The Bertz CT molecular complexity index is 779. The summed E-state index contributed by atoms with van der Waals surface area (Å²) >= 11 is 0. The maximum Gasteiger partial charge on any atom is 0.257 e. The van der Waals surface area contributed by atoms with Crippen molar-refractivity contribution >= 4 is 18.3 Å². The lowest BCUT2D eigenvalue weighted by Crippen LogP contribution is -2.49. The zero-order valence-corrected chi connectivity index (χ0v) is 16.4. The Morgan fingerprint density at radius 3 is 2.59 bits per heavy atom. The Labute approximate surface area is 166 Å². The minimum absolute atomic E-state index is 0. The van der Waals surface area contributed by atoms with Crippen LogP contribution < -0.4 is 5.32 Å². The third kappa shape index (κ3) is 4.29. The Balaban J connectivity index is 0.00000210. The normalized spacial score (nSPS) is 20.3. The van der Waals surface area contributed by atoms with Gasteiger partial charge in [-0.1, -0.05) is 30.3 Å². The van der Waals surface area contributed by atoms with E-state index in [9.17, 15) is 4.79 Å². The molecule has 0 spiro atoms. The van der Waals surface area contributed by atoms with E-state index in [0.29, 0.717) is 17.4 Å². The number of amides is 1. The molecule has 1 amide bonds. The first kappa shape index (κ1) is 19.7. The number of aryl methyl sites for hydroxylation is 1. The molecule has 144 valence electrons. The highest BCUT2D eigenvalue weighted by molar-refractivity contribution is 5.95. The lowest BCUT2D eigenvalue weighted by atomic mass is 10.1. The van der Waals surface area contributed by atoms with Crippen LogP contribution in [0.25, 0.3) is 11.4 Å². The highest BCUT2D eigenvalue weighted by atomic mass is 35.5. The van der Waals surface area contributed by atoms with E-state index in [1.165, 1.54) is 0 Å². The lowest BCUT2D eigenvalue weighted by Gasteiger charge is -2.32. The number of aromatic nitrogens is 2. The van der Waals surface area contributed by atoms with Crippen LogP contribution in [0.2, 0.25) is 0 Å².